The Morgan fingerprint density at radius 1 is 0.783 bits per heavy atom. The van der Waals surface area contributed by atoms with Crippen LogP contribution in [0.1, 0.15) is 104 Å². The van der Waals surface area contributed by atoms with E-state index in [2.05, 4.69) is 6.92 Å². The lowest BCUT2D eigenvalue weighted by molar-refractivity contribution is -0.123. The normalized spacial score (nSPS) is 12.7. The summed E-state index contributed by atoms with van der Waals surface area (Å²) in [6.45, 7) is 5.12. The van der Waals surface area contributed by atoms with E-state index in [9.17, 15) is 4.79 Å². The fraction of sp³-hybridized carbons (Fsp3) is 0.950. The lowest BCUT2D eigenvalue weighted by atomic mass is 10.0. The van der Waals surface area contributed by atoms with Gasteiger partial charge in [0.25, 0.3) is 0 Å². The minimum Gasteiger partial charge on any atom is -0.309 e. The lowest BCUT2D eigenvalue weighted by Gasteiger charge is -2.21. The minimum absolute atomic E-state index is 0.192. The Hall–Kier alpha value is -0.410. The molecule has 0 aromatic heterocycles. The summed E-state index contributed by atoms with van der Waals surface area (Å²) in [4.78, 5) is 13.8. The smallest absolute Gasteiger partial charge is 0.164 e. The number of unbranched alkanes of at least 4 members (excludes halogenated alkanes) is 12. The van der Waals surface area contributed by atoms with E-state index in [0.29, 0.717) is 6.42 Å². The van der Waals surface area contributed by atoms with E-state index in [1.165, 1.54) is 77.0 Å². The quantitative estimate of drug-likeness (QED) is 0.292. The molecule has 0 bridgehead atoms. The average molecular weight is 327 g/mol. The molecule has 0 aromatic carbocycles. The van der Waals surface area contributed by atoms with Gasteiger partial charge in [-0.3, -0.25) is 9.69 Å². The third-order valence-electron chi connectivity index (χ3n) is 4.83. The van der Waals surface area contributed by atoms with E-state index in [4.69, 9.17) is 5.73 Å². The summed E-state index contributed by atoms with van der Waals surface area (Å²) in [6.07, 6.45) is 17.6. The van der Waals surface area contributed by atoms with Crippen LogP contribution in [0.4, 0.5) is 0 Å². The topological polar surface area (TPSA) is 46.3 Å². The van der Waals surface area contributed by atoms with Crippen LogP contribution in [0.3, 0.4) is 0 Å². The van der Waals surface area contributed by atoms with Crippen molar-refractivity contribution in [2.75, 3.05) is 13.6 Å². The summed E-state index contributed by atoms with van der Waals surface area (Å²) in [5.41, 5.74) is 5.89. The van der Waals surface area contributed by atoms with Crippen molar-refractivity contribution in [2.45, 2.75) is 110 Å². The molecule has 0 saturated heterocycles. The molecule has 138 valence electrons. The monoisotopic (exact) mass is 326 g/mol. The second kappa shape index (κ2) is 16.4. The zero-order chi connectivity index (χ0) is 17.3. The Labute approximate surface area is 145 Å². The molecule has 0 aliphatic rings. The highest BCUT2D eigenvalue weighted by atomic mass is 16.1. The van der Waals surface area contributed by atoms with E-state index in [1.54, 1.807) is 0 Å². The largest absolute Gasteiger partial charge is 0.309 e. The summed E-state index contributed by atoms with van der Waals surface area (Å²) >= 11 is 0. The zero-order valence-electron chi connectivity index (χ0n) is 16.1. The average Bonchev–Trinajstić information content (AvgIpc) is 2.57. The molecule has 0 rings (SSSR count). The highest BCUT2D eigenvalue weighted by molar-refractivity contribution is 5.83. The van der Waals surface area contributed by atoms with Crippen LogP contribution < -0.4 is 5.73 Å². The molecule has 3 heteroatoms. The van der Waals surface area contributed by atoms with Crippen LogP contribution in [0, 0.1) is 0 Å². The summed E-state index contributed by atoms with van der Waals surface area (Å²) in [7, 11) is 1.91. The van der Waals surface area contributed by atoms with Crippen molar-refractivity contribution >= 4 is 5.78 Å². The molecule has 2 N–H and O–H groups in total. The number of carbonyl (C=O) groups excluding carboxylic acids is 1. The zero-order valence-corrected chi connectivity index (χ0v) is 16.1. The van der Waals surface area contributed by atoms with Crippen LogP contribution >= 0.6 is 0 Å². The first-order valence-corrected chi connectivity index (χ1v) is 10.1. The summed E-state index contributed by atoms with van der Waals surface area (Å²) in [5.74, 6) is 0.192. The van der Waals surface area contributed by atoms with Crippen LogP contribution in [0.15, 0.2) is 0 Å². The Bertz CT molecular complexity index is 268. The fourth-order valence-corrected chi connectivity index (χ4v) is 2.91. The van der Waals surface area contributed by atoms with Gasteiger partial charge in [-0.15, -0.1) is 0 Å². The van der Waals surface area contributed by atoms with Crippen molar-refractivity contribution in [3.05, 3.63) is 0 Å². The van der Waals surface area contributed by atoms with E-state index in [-0.39, 0.29) is 5.78 Å². The van der Waals surface area contributed by atoms with Crippen molar-refractivity contribution in [2.24, 2.45) is 5.73 Å². The Morgan fingerprint density at radius 3 is 1.57 bits per heavy atom. The summed E-state index contributed by atoms with van der Waals surface area (Å²) < 4.78 is 0. The summed E-state index contributed by atoms with van der Waals surface area (Å²) in [6, 6.07) is 0. The Kier molecular flexibility index (Phi) is 16.2. The van der Waals surface area contributed by atoms with Crippen LogP contribution in [-0.4, -0.2) is 30.4 Å². The minimum atomic E-state index is -0.405. The summed E-state index contributed by atoms with van der Waals surface area (Å²) in [5, 5.41) is 0. The van der Waals surface area contributed by atoms with Gasteiger partial charge in [0, 0.05) is 6.42 Å². The Morgan fingerprint density at radius 2 is 1.17 bits per heavy atom. The van der Waals surface area contributed by atoms with Gasteiger partial charge in [-0.05, 0) is 20.0 Å². The van der Waals surface area contributed by atoms with Gasteiger partial charge in [0.1, 0.15) is 6.17 Å². The maximum absolute atomic E-state index is 11.9. The molecule has 1 atom stereocenters. The Balaban J connectivity index is 3.26. The van der Waals surface area contributed by atoms with Crippen molar-refractivity contribution in [3.8, 4) is 0 Å². The van der Waals surface area contributed by atoms with Gasteiger partial charge in [-0.25, -0.2) is 0 Å². The van der Waals surface area contributed by atoms with E-state index >= 15 is 0 Å². The van der Waals surface area contributed by atoms with Crippen molar-refractivity contribution < 1.29 is 4.79 Å². The third kappa shape index (κ3) is 13.7. The van der Waals surface area contributed by atoms with Gasteiger partial charge < -0.3 is 5.73 Å². The molecule has 0 saturated carbocycles. The van der Waals surface area contributed by atoms with Crippen molar-refractivity contribution in [1.29, 1.82) is 0 Å². The van der Waals surface area contributed by atoms with Crippen LogP contribution in [0.2, 0.25) is 0 Å². The van der Waals surface area contributed by atoms with Gasteiger partial charge in [-0.1, -0.05) is 90.9 Å². The number of ketones is 1. The number of Topliss-reactive ketones (excluding diaryl/α,β-unsaturated/α-hetero) is 1. The number of rotatable bonds is 17. The number of nitrogens with two attached hydrogens (primary N) is 1. The first-order chi connectivity index (χ1) is 11.1. The number of nitrogens with zero attached hydrogens (tertiary/aromatic N) is 1. The molecule has 0 aromatic rings. The predicted octanol–water partition coefficient (Wildman–Crippen LogP) is 5.27. The number of hydrogen-bond acceptors (Lipinski definition) is 3. The van der Waals surface area contributed by atoms with E-state index < -0.39 is 6.17 Å². The second-order valence-electron chi connectivity index (χ2n) is 6.98. The molecule has 0 amide bonds. The molecular weight excluding hydrogens is 284 g/mol. The molecular formula is C20H42N2O. The maximum atomic E-state index is 11.9. The SMILES string of the molecule is CCCCCCCCCCCCCCCC(=O)C(N)N(C)CC. The highest BCUT2D eigenvalue weighted by Gasteiger charge is 2.16. The molecule has 0 heterocycles. The van der Waals surface area contributed by atoms with Crippen molar-refractivity contribution in [1.82, 2.24) is 4.90 Å². The number of likely N-dealkylation sites (N-methyl/N-ethyl adjacent to an activating group) is 1. The van der Waals surface area contributed by atoms with Gasteiger partial charge in [-0.2, -0.15) is 0 Å². The van der Waals surface area contributed by atoms with Gasteiger partial charge in [0.05, 0.1) is 0 Å². The van der Waals surface area contributed by atoms with E-state index in [1.807, 2.05) is 18.9 Å². The molecule has 0 fully saturated rings. The highest BCUT2D eigenvalue weighted by Crippen LogP contribution is 2.13. The van der Waals surface area contributed by atoms with Crippen LogP contribution in [0.25, 0.3) is 0 Å². The molecule has 0 radical (unpaired) electrons. The molecule has 0 spiro atoms. The standard InChI is InChI=1S/C20H42N2O/c1-4-6-7-8-9-10-11-12-13-14-15-16-17-18-19(23)20(21)22(3)5-2/h20H,4-18,21H2,1-3H3. The molecule has 0 aliphatic carbocycles. The fourth-order valence-electron chi connectivity index (χ4n) is 2.91. The number of hydrogen-bond donors (Lipinski definition) is 1. The number of carbonyl (C=O) groups is 1. The van der Waals surface area contributed by atoms with Gasteiger partial charge >= 0.3 is 0 Å². The second-order valence-corrected chi connectivity index (χ2v) is 6.98. The molecule has 23 heavy (non-hydrogen) atoms. The first-order valence-electron chi connectivity index (χ1n) is 10.1. The predicted molar refractivity (Wildman–Crippen MR) is 102 cm³/mol. The van der Waals surface area contributed by atoms with Crippen LogP contribution in [0.5, 0.6) is 0 Å². The van der Waals surface area contributed by atoms with Crippen LogP contribution in [-0.2, 0) is 4.79 Å². The van der Waals surface area contributed by atoms with Gasteiger partial charge in [0.2, 0.25) is 0 Å². The van der Waals surface area contributed by atoms with Gasteiger partial charge in [0.15, 0.2) is 5.78 Å². The lowest BCUT2D eigenvalue weighted by Crippen LogP contribution is -2.45. The van der Waals surface area contributed by atoms with Crippen molar-refractivity contribution in [3.63, 3.8) is 0 Å². The third-order valence-corrected chi connectivity index (χ3v) is 4.83. The molecule has 0 aliphatic heterocycles. The first kappa shape index (κ1) is 22.6. The van der Waals surface area contributed by atoms with E-state index in [0.717, 1.165) is 13.0 Å². The molecule has 3 nitrogen and oxygen atoms in total. The maximum Gasteiger partial charge on any atom is 0.164 e. The molecule has 1 unspecified atom stereocenters.